The fraction of sp³-hybridized carbons (Fsp3) is 0.200. The van der Waals surface area contributed by atoms with Crippen LogP contribution in [0.2, 0.25) is 0 Å². The van der Waals surface area contributed by atoms with Gasteiger partial charge in [-0.1, -0.05) is 0 Å². The Morgan fingerprint density at radius 1 is 1.25 bits per heavy atom. The largest absolute Gasteiger partial charge is 0.349 e. The van der Waals surface area contributed by atoms with Gasteiger partial charge in [0.25, 0.3) is 0 Å². The van der Waals surface area contributed by atoms with Crippen LogP contribution in [0.3, 0.4) is 0 Å². The Labute approximate surface area is 76.3 Å². The SMILES string of the molecule is Cc1ccc(Cn2cccc2)s1. The molecule has 2 aromatic heterocycles. The van der Waals surface area contributed by atoms with E-state index in [1.807, 2.05) is 11.3 Å². The van der Waals surface area contributed by atoms with Crippen LogP contribution in [-0.2, 0) is 6.54 Å². The Morgan fingerprint density at radius 2 is 2.00 bits per heavy atom. The topological polar surface area (TPSA) is 4.93 Å². The van der Waals surface area contributed by atoms with Crippen LogP contribution >= 0.6 is 11.3 Å². The van der Waals surface area contributed by atoms with Gasteiger partial charge >= 0.3 is 0 Å². The van der Waals surface area contributed by atoms with Crippen molar-refractivity contribution in [3.8, 4) is 0 Å². The van der Waals surface area contributed by atoms with E-state index < -0.39 is 0 Å². The van der Waals surface area contributed by atoms with Crippen LogP contribution in [0.15, 0.2) is 36.7 Å². The molecule has 0 aromatic carbocycles. The summed E-state index contributed by atoms with van der Waals surface area (Å²) in [6, 6.07) is 8.48. The lowest BCUT2D eigenvalue weighted by molar-refractivity contribution is 0.819. The predicted molar refractivity (Wildman–Crippen MR) is 52.6 cm³/mol. The van der Waals surface area contributed by atoms with Crippen LogP contribution in [0.25, 0.3) is 0 Å². The van der Waals surface area contributed by atoms with E-state index in [9.17, 15) is 0 Å². The molecule has 2 heterocycles. The minimum Gasteiger partial charge on any atom is -0.349 e. The number of nitrogens with zero attached hydrogens (tertiary/aromatic N) is 1. The van der Waals surface area contributed by atoms with Gasteiger partial charge < -0.3 is 4.57 Å². The van der Waals surface area contributed by atoms with Crippen molar-refractivity contribution in [1.82, 2.24) is 4.57 Å². The third kappa shape index (κ3) is 1.59. The summed E-state index contributed by atoms with van der Waals surface area (Å²) in [5, 5.41) is 0. The van der Waals surface area contributed by atoms with Gasteiger partial charge in [0.05, 0.1) is 6.54 Å². The molecule has 0 N–H and O–H groups in total. The quantitative estimate of drug-likeness (QED) is 0.664. The summed E-state index contributed by atoms with van der Waals surface area (Å²) in [5.41, 5.74) is 0. The first kappa shape index (κ1) is 7.62. The number of aromatic nitrogens is 1. The molecule has 0 aliphatic carbocycles. The molecule has 0 unspecified atom stereocenters. The van der Waals surface area contributed by atoms with E-state index in [2.05, 4.69) is 48.1 Å². The molecule has 0 fully saturated rings. The van der Waals surface area contributed by atoms with Gasteiger partial charge in [0.1, 0.15) is 0 Å². The second-order valence-electron chi connectivity index (χ2n) is 2.87. The third-order valence-electron chi connectivity index (χ3n) is 1.80. The van der Waals surface area contributed by atoms with Crippen molar-refractivity contribution in [1.29, 1.82) is 0 Å². The molecule has 0 bridgehead atoms. The summed E-state index contributed by atoms with van der Waals surface area (Å²) in [4.78, 5) is 2.81. The molecular formula is C10H11NS. The van der Waals surface area contributed by atoms with Gasteiger partial charge in [0.2, 0.25) is 0 Å². The zero-order valence-corrected chi connectivity index (χ0v) is 7.84. The molecular weight excluding hydrogens is 166 g/mol. The first-order chi connectivity index (χ1) is 5.84. The molecule has 0 atom stereocenters. The molecule has 0 saturated carbocycles. The number of thiophene rings is 1. The Bertz CT molecular complexity index is 346. The number of aryl methyl sites for hydroxylation is 1. The smallest absolute Gasteiger partial charge is 0.0563 e. The molecule has 12 heavy (non-hydrogen) atoms. The molecule has 0 aliphatic heterocycles. The molecule has 0 spiro atoms. The van der Waals surface area contributed by atoms with E-state index in [1.165, 1.54) is 9.75 Å². The molecule has 2 rings (SSSR count). The van der Waals surface area contributed by atoms with Crippen molar-refractivity contribution in [2.45, 2.75) is 13.5 Å². The van der Waals surface area contributed by atoms with Crippen LogP contribution in [0.1, 0.15) is 9.75 Å². The standard InChI is InChI=1S/C10H11NS/c1-9-4-5-10(12-9)8-11-6-2-3-7-11/h2-7H,8H2,1H3. The molecule has 62 valence electrons. The molecule has 0 saturated heterocycles. The molecule has 0 aliphatic rings. The fourth-order valence-corrected chi connectivity index (χ4v) is 2.12. The highest BCUT2D eigenvalue weighted by molar-refractivity contribution is 7.11. The first-order valence-corrected chi connectivity index (χ1v) is 4.82. The lowest BCUT2D eigenvalue weighted by atomic mass is 10.4. The molecule has 0 amide bonds. The van der Waals surface area contributed by atoms with Crippen LogP contribution in [0, 0.1) is 6.92 Å². The van der Waals surface area contributed by atoms with Crippen LogP contribution < -0.4 is 0 Å². The molecule has 2 aromatic rings. The average molecular weight is 177 g/mol. The van der Waals surface area contributed by atoms with Crippen LogP contribution in [0.5, 0.6) is 0 Å². The average Bonchev–Trinajstić information content (AvgIpc) is 2.63. The Balaban J connectivity index is 2.14. The fourth-order valence-electron chi connectivity index (χ4n) is 1.23. The number of hydrogen-bond acceptors (Lipinski definition) is 1. The van der Waals surface area contributed by atoms with Gasteiger partial charge in [0.15, 0.2) is 0 Å². The van der Waals surface area contributed by atoms with Gasteiger partial charge in [-0.3, -0.25) is 0 Å². The Kier molecular flexibility index (Phi) is 2.00. The summed E-state index contributed by atoms with van der Waals surface area (Å²) < 4.78 is 2.19. The molecule has 0 radical (unpaired) electrons. The third-order valence-corrected chi connectivity index (χ3v) is 2.79. The van der Waals surface area contributed by atoms with E-state index in [0.29, 0.717) is 0 Å². The number of hydrogen-bond donors (Lipinski definition) is 0. The van der Waals surface area contributed by atoms with E-state index >= 15 is 0 Å². The van der Waals surface area contributed by atoms with Crippen molar-refractivity contribution >= 4 is 11.3 Å². The van der Waals surface area contributed by atoms with Crippen molar-refractivity contribution in [3.05, 3.63) is 46.4 Å². The van der Waals surface area contributed by atoms with Crippen LogP contribution in [-0.4, -0.2) is 4.57 Å². The Morgan fingerprint density at radius 3 is 2.58 bits per heavy atom. The van der Waals surface area contributed by atoms with Gasteiger partial charge in [-0.2, -0.15) is 0 Å². The van der Waals surface area contributed by atoms with Crippen molar-refractivity contribution in [3.63, 3.8) is 0 Å². The first-order valence-electron chi connectivity index (χ1n) is 4.01. The zero-order valence-electron chi connectivity index (χ0n) is 7.03. The Hall–Kier alpha value is -1.02. The van der Waals surface area contributed by atoms with Crippen molar-refractivity contribution in [2.75, 3.05) is 0 Å². The predicted octanol–water partition coefficient (Wildman–Crippen LogP) is 2.91. The lowest BCUT2D eigenvalue weighted by Gasteiger charge is -1.97. The van der Waals surface area contributed by atoms with Crippen molar-refractivity contribution < 1.29 is 0 Å². The second-order valence-corrected chi connectivity index (χ2v) is 4.24. The van der Waals surface area contributed by atoms with Gasteiger partial charge in [-0.25, -0.2) is 0 Å². The number of rotatable bonds is 2. The highest BCUT2D eigenvalue weighted by atomic mass is 32.1. The summed E-state index contributed by atoms with van der Waals surface area (Å²) in [5.74, 6) is 0. The minimum absolute atomic E-state index is 1.01. The monoisotopic (exact) mass is 177 g/mol. The maximum Gasteiger partial charge on any atom is 0.0563 e. The second kappa shape index (κ2) is 3.15. The van der Waals surface area contributed by atoms with E-state index in [1.54, 1.807) is 0 Å². The van der Waals surface area contributed by atoms with E-state index in [-0.39, 0.29) is 0 Å². The highest BCUT2D eigenvalue weighted by Crippen LogP contribution is 2.15. The van der Waals surface area contributed by atoms with E-state index in [4.69, 9.17) is 0 Å². The summed E-state index contributed by atoms with van der Waals surface area (Å²) >= 11 is 1.87. The van der Waals surface area contributed by atoms with E-state index in [0.717, 1.165) is 6.54 Å². The van der Waals surface area contributed by atoms with Gasteiger partial charge in [-0.05, 0) is 31.2 Å². The summed E-state index contributed by atoms with van der Waals surface area (Å²) in [6.45, 7) is 3.15. The summed E-state index contributed by atoms with van der Waals surface area (Å²) in [6.07, 6.45) is 4.18. The van der Waals surface area contributed by atoms with Crippen LogP contribution in [0.4, 0.5) is 0 Å². The highest BCUT2D eigenvalue weighted by Gasteiger charge is 1.95. The maximum atomic E-state index is 2.19. The van der Waals surface area contributed by atoms with Gasteiger partial charge in [0, 0.05) is 22.1 Å². The lowest BCUT2D eigenvalue weighted by Crippen LogP contribution is -1.92. The zero-order chi connectivity index (χ0) is 8.39. The van der Waals surface area contributed by atoms with Gasteiger partial charge in [-0.15, -0.1) is 11.3 Å². The van der Waals surface area contributed by atoms with Crippen molar-refractivity contribution in [2.24, 2.45) is 0 Å². The molecule has 1 nitrogen and oxygen atoms in total. The normalized spacial score (nSPS) is 10.4. The summed E-state index contributed by atoms with van der Waals surface area (Å²) in [7, 11) is 0. The maximum absolute atomic E-state index is 2.19. The minimum atomic E-state index is 1.01. The molecule has 2 heteroatoms.